The molecule has 3 heteroatoms. The lowest BCUT2D eigenvalue weighted by atomic mass is 10.2. The molecule has 0 bridgehead atoms. The van der Waals surface area contributed by atoms with E-state index in [0.717, 1.165) is 6.04 Å². The summed E-state index contributed by atoms with van der Waals surface area (Å²) in [6.07, 6.45) is 2.77. The minimum absolute atomic E-state index is 0.799. The third-order valence-corrected chi connectivity index (χ3v) is 3.69. The van der Waals surface area contributed by atoms with E-state index in [0.29, 0.717) is 0 Å². The Balaban J connectivity index is 1.69. The number of nitrogens with zero attached hydrogens (tertiary/aromatic N) is 1. The van der Waals surface area contributed by atoms with Crippen LogP contribution in [0, 0.1) is 0 Å². The molecule has 0 aromatic heterocycles. The zero-order valence-corrected chi connectivity index (χ0v) is 8.41. The molecule has 2 aliphatic heterocycles. The third-order valence-electron chi connectivity index (χ3n) is 2.74. The van der Waals surface area contributed by atoms with Crippen molar-refractivity contribution >= 4 is 11.8 Å². The molecule has 0 aliphatic carbocycles. The molecule has 2 aliphatic rings. The number of thioether (sulfide) groups is 1. The first-order valence-electron chi connectivity index (χ1n) is 4.98. The van der Waals surface area contributed by atoms with Crippen LogP contribution in [0.15, 0.2) is 0 Å². The van der Waals surface area contributed by atoms with Crippen molar-refractivity contribution in [2.24, 2.45) is 0 Å². The molecule has 0 radical (unpaired) electrons. The number of hydrogen-bond donors (Lipinski definition) is 1. The van der Waals surface area contributed by atoms with Gasteiger partial charge in [0.25, 0.3) is 0 Å². The second-order valence-corrected chi connectivity index (χ2v) is 4.93. The van der Waals surface area contributed by atoms with E-state index in [9.17, 15) is 0 Å². The number of rotatable bonds is 2. The SMILES string of the molecule is C1CN[C@H](CN2CCSCC2)C1. The van der Waals surface area contributed by atoms with Crippen LogP contribution in [-0.4, -0.2) is 48.6 Å². The summed E-state index contributed by atoms with van der Waals surface area (Å²) < 4.78 is 0. The van der Waals surface area contributed by atoms with Crippen LogP contribution in [0.1, 0.15) is 12.8 Å². The summed E-state index contributed by atoms with van der Waals surface area (Å²) in [5, 5.41) is 3.56. The van der Waals surface area contributed by atoms with Crippen molar-refractivity contribution in [1.82, 2.24) is 10.2 Å². The van der Waals surface area contributed by atoms with E-state index < -0.39 is 0 Å². The van der Waals surface area contributed by atoms with Gasteiger partial charge in [0.15, 0.2) is 0 Å². The molecule has 0 aromatic carbocycles. The van der Waals surface area contributed by atoms with Crippen molar-refractivity contribution < 1.29 is 0 Å². The Bertz CT molecular complexity index is 128. The molecule has 1 atom stereocenters. The van der Waals surface area contributed by atoms with Gasteiger partial charge in [0.1, 0.15) is 0 Å². The van der Waals surface area contributed by atoms with Crippen LogP contribution < -0.4 is 5.32 Å². The van der Waals surface area contributed by atoms with E-state index in [2.05, 4.69) is 22.0 Å². The molecular weight excluding hydrogens is 168 g/mol. The molecule has 2 nitrogen and oxygen atoms in total. The first-order chi connectivity index (χ1) is 5.95. The molecule has 1 N–H and O–H groups in total. The highest BCUT2D eigenvalue weighted by Gasteiger charge is 2.18. The highest BCUT2D eigenvalue weighted by Crippen LogP contribution is 2.12. The van der Waals surface area contributed by atoms with Crippen molar-refractivity contribution in [1.29, 1.82) is 0 Å². The highest BCUT2D eigenvalue weighted by molar-refractivity contribution is 7.99. The summed E-state index contributed by atoms with van der Waals surface area (Å²) >= 11 is 2.09. The predicted octanol–water partition coefficient (Wildman–Crippen LogP) is 0.787. The van der Waals surface area contributed by atoms with Crippen LogP contribution in [-0.2, 0) is 0 Å². The molecule has 2 heterocycles. The average Bonchev–Trinajstić information content (AvgIpc) is 2.59. The van der Waals surface area contributed by atoms with E-state index in [1.807, 2.05) is 0 Å². The Labute approximate surface area is 79.1 Å². The monoisotopic (exact) mass is 186 g/mol. The first kappa shape index (κ1) is 8.85. The summed E-state index contributed by atoms with van der Waals surface area (Å²) in [6, 6.07) is 0.799. The Morgan fingerprint density at radius 3 is 2.83 bits per heavy atom. The molecule has 12 heavy (non-hydrogen) atoms. The minimum atomic E-state index is 0.799. The minimum Gasteiger partial charge on any atom is -0.313 e. The fraction of sp³-hybridized carbons (Fsp3) is 1.00. The van der Waals surface area contributed by atoms with Gasteiger partial charge in [0.2, 0.25) is 0 Å². The first-order valence-corrected chi connectivity index (χ1v) is 6.14. The third kappa shape index (κ3) is 2.38. The van der Waals surface area contributed by atoms with Crippen molar-refractivity contribution in [3.63, 3.8) is 0 Å². The van der Waals surface area contributed by atoms with E-state index in [4.69, 9.17) is 0 Å². The quantitative estimate of drug-likeness (QED) is 0.686. The van der Waals surface area contributed by atoms with E-state index in [1.54, 1.807) is 0 Å². The van der Waals surface area contributed by atoms with E-state index in [-0.39, 0.29) is 0 Å². The maximum Gasteiger partial charge on any atom is 0.0195 e. The Morgan fingerprint density at radius 1 is 1.33 bits per heavy atom. The molecule has 0 unspecified atom stereocenters. The van der Waals surface area contributed by atoms with Crippen LogP contribution in [0.25, 0.3) is 0 Å². The van der Waals surface area contributed by atoms with Crippen molar-refractivity contribution in [3.05, 3.63) is 0 Å². The van der Waals surface area contributed by atoms with Crippen LogP contribution in [0.2, 0.25) is 0 Å². The van der Waals surface area contributed by atoms with Gasteiger partial charge in [-0.2, -0.15) is 11.8 Å². The number of hydrogen-bond acceptors (Lipinski definition) is 3. The van der Waals surface area contributed by atoms with Gasteiger partial charge in [0, 0.05) is 37.2 Å². The van der Waals surface area contributed by atoms with Gasteiger partial charge in [0.05, 0.1) is 0 Å². The summed E-state index contributed by atoms with van der Waals surface area (Å²) in [5.41, 5.74) is 0. The molecule has 0 saturated carbocycles. The van der Waals surface area contributed by atoms with Crippen LogP contribution in [0.4, 0.5) is 0 Å². The van der Waals surface area contributed by atoms with Crippen LogP contribution in [0.3, 0.4) is 0 Å². The lowest BCUT2D eigenvalue weighted by Crippen LogP contribution is -2.41. The summed E-state index contributed by atoms with van der Waals surface area (Å²) in [5.74, 6) is 2.68. The summed E-state index contributed by atoms with van der Waals surface area (Å²) in [7, 11) is 0. The van der Waals surface area contributed by atoms with Crippen LogP contribution in [0.5, 0.6) is 0 Å². The molecule has 70 valence electrons. The van der Waals surface area contributed by atoms with Gasteiger partial charge >= 0.3 is 0 Å². The van der Waals surface area contributed by atoms with E-state index in [1.165, 1.54) is 50.5 Å². The molecule has 0 amide bonds. The molecular formula is C9H18N2S. The van der Waals surface area contributed by atoms with Crippen molar-refractivity contribution in [3.8, 4) is 0 Å². The Hall–Kier alpha value is 0.270. The number of nitrogens with one attached hydrogen (secondary N) is 1. The van der Waals surface area contributed by atoms with Crippen molar-refractivity contribution in [2.75, 3.05) is 37.7 Å². The van der Waals surface area contributed by atoms with Gasteiger partial charge in [-0.3, -0.25) is 0 Å². The second-order valence-electron chi connectivity index (χ2n) is 3.71. The lowest BCUT2D eigenvalue weighted by molar-refractivity contribution is 0.273. The Morgan fingerprint density at radius 2 is 2.17 bits per heavy atom. The normalized spacial score (nSPS) is 32.5. The zero-order valence-electron chi connectivity index (χ0n) is 7.59. The standard InChI is InChI=1S/C9H18N2S/c1-2-9(10-3-1)8-11-4-6-12-7-5-11/h9-10H,1-8H2/t9-/m0/s1. The molecule has 0 aromatic rings. The van der Waals surface area contributed by atoms with Gasteiger partial charge in [-0.15, -0.1) is 0 Å². The van der Waals surface area contributed by atoms with E-state index >= 15 is 0 Å². The molecule has 2 rings (SSSR count). The van der Waals surface area contributed by atoms with Gasteiger partial charge in [-0.05, 0) is 19.4 Å². The summed E-state index contributed by atoms with van der Waals surface area (Å²) in [6.45, 7) is 5.15. The molecule has 2 fully saturated rings. The van der Waals surface area contributed by atoms with Gasteiger partial charge in [-0.25, -0.2) is 0 Å². The lowest BCUT2D eigenvalue weighted by Gasteiger charge is -2.28. The zero-order chi connectivity index (χ0) is 8.23. The van der Waals surface area contributed by atoms with Gasteiger partial charge < -0.3 is 10.2 Å². The Kier molecular flexibility index (Phi) is 3.31. The van der Waals surface area contributed by atoms with Crippen LogP contribution >= 0.6 is 11.8 Å². The maximum absolute atomic E-state index is 3.56. The fourth-order valence-corrected chi connectivity index (χ4v) is 2.99. The molecule has 2 saturated heterocycles. The largest absolute Gasteiger partial charge is 0.313 e. The highest BCUT2D eigenvalue weighted by atomic mass is 32.2. The van der Waals surface area contributed by atoms with Crippen molar-refractivity contribution in [2.45, 2.75) is 18.9 Å². The second kappa shape index (κ2) is 4.49. The predicted molar refractivity (Wildman–Crippen MR) is 54.8 cm³/mol. The topological polar surface area (TPSA) is 15.3 Å². The average molecular weight is 186 g/mol. The fourth-order valence-electron chi connectivity index (χ4n) is 2.01. The smallest absolute Gasteiger partial charge is 0.0195 e. The van der Waals surface area contributed by atoms with Gasteiger partial charge in [-0.1, -0.05) is 0 Å². The summed E-state index contributed by atoms with van der Waals surface area (Å²) in [4.78, 5) is 2.61. The molecule has 0 spiro atoms. The maximum atomic E-state index is 3.56.